The van der Waals surface area contributed by atoms with Crippen molar-refractivity contribution in [2.75, 3.05) is 20.0 Å². The van der Waals surface area contributed by atoms with Gasteiger partial charge in [-0.3, -0.25) is 9.36 Å². The number of nitrogens with zero attached hydrogens (tertiary/aromatic N) is 3. The number of amides is 1. The van der Waals surface area contributed by atoms with Crippen LogP contribution in [0.3, 0.4) is 0 Å². The molecule has 0 radical (unpaired) electrons. The highest BCUT2D eigenvalue weighted by molar-refractivity contribution is 7.99. The second-order valence-corrected chi connectivity index (χ2v) is 11.0. The maximum absolute atomic E-state index is 12.9. The standard InChI is InChI=1S/C32H36N4O4S/c1-38-28-19-14-23(20-29(28)39-2)21-30-34-35-32(41-22-31(37)33-24-10-6-3-4-7-11-24)36(30)25-15-17-27(18-16-25)40-26-12-8-5-9-13-26/h5,8-9,12-20,24H,3-4,6-7,10-11,21-22H2,1-2H3,(H,33,37). The molecule has 0 aliphatic heterocycles. The van der Waals surface area contributed by atoms with Crippen LogP contribution in [0.5, 0.6) is 23.0 Å². The number of ether oxygens (including phenoxy) is 3. The van der Waals surface area contributed by atoms with E-state index in [2.05, 4.69) is 15.5 Å². The number of carbonyl (C=O) groups excluding carboxylic acids is 1. The number of para-hydroxylation sites is 1. The van der Waals surface area contributed by atoms with Crippen LogP contribution >= 0.6 is 11.8 Å². The fourth-order valence-corrected chi connectivity index (χ4v) is 5.83. The fourth-order valence-electron chi connectivity index (χ4n) is 5.05. The van der Waals surface area contributed by atoms with E-state index in [0.29, 0.717) is 23.1 Å². The van der Waals surface area contributed by atoms with Gasteiger partial charge in [0.05, 0.1) is 20.0 Å². The number of methoxy groups -OCH3 is 2. The zero-order chi connectivity index (χ0) is 28.4. The van der Waals surface area contributed by atoms with Gasteiger partial charge in [-0.25, -0.2) is 0 Å². The van der Waals surface area contributed by atoms with E-state index < -0.39 is 0 Å². The molecular weight excluding hydrogens is 536 g/mol. The van der Waals surface area contributed by atoms with Crippen molar-refractivity contribution in [2.45, 2.75) is 56.1 Å². The molecule has 4 aromatic rings. The van der Waals surface area contributed by atoms with Gasteiger partial charge in [0.25, 0.3) is 0 Å². The minimum atomic E-state index is 0.0319. The molecule has 1 N–H and O–H groups in total. The number of aromatic nitrogens is 3. The number of nitrogens with one attached hydrogen (secondary N) is 1. The van der Waals surface area contributed by atoms with E-state index in [0.717, 1.165) is 41.4 Å². The molecule has 1 heterocycles. The molecule has 0 saturated heterocycles. The number of hydrogen-bond donors (Lipinski definition) is 1. The summed E-state index contributed by atoms with van der Waals surface area (Å²) < 4.78 is 18.9. The van der Waals surface area contributed by atoms with Gasteiger partial charge in [0, 0.05) is 18.2 Å². The van der Waals surface area contributed by atoms with Crippen LogP contribution in [0, 0.1) is 0 Å². The summed E-state index contributed by atoms with van der Waals surface area (Å²) in [7, 11) is 3.24. The Morgan fingerprint density at radius 2 is 1.59 bits per heavy atom. The van der Waals surface area contributed by atoms with E-state index >= 15 is 0 Å². The van der Waals surface area contributed by atoms with Crippen molar-refractivity contribution < 1.29 is 19.0 Å². The molecule has 1 saturated carbocycles. The predicted molar refractivity (Wildman–Crippen MR) is 161 cm³/mol. The Balaban J connectivity index is 1.37. The van der Waals surface area contributed by atoms with Gasteiger partial charge < -0.3 is 19.5 Å². The van der Waals surface area contributed by atoms with Gasteiger partial charge in [0.1, 0.15) is 17.3 Å². The van der Waals surface area contributed by atoms with Gasteiger partial charge in [0.15, 0.2) is 16.7 Å². The van der Waals surface area contributed by atoms with Crippen LogP contribution in [0.2, 0.25) is 0 Å². The largest absolute Gasteiger partial charge is 0.493 e. The third-order valence-electron chi connectivity index (χ3n) is 7.14. The Hall–Kier alpha value is -3.98. The van der Waals surface area contributed by atoms with Gasteiger partial charge in [-0.2, -0.15) is 0 Å². The van der Waals surface area contributed by atoms with Crippen LogP contribution in [0.4, 0.5) is 0 Å². The molecule has 9 heteroatoms. The van der Waals surface area contributed by atoms with Crippen LogP contribution in [0.25, 0.3) is 5.69 Å². The van der Waals surface area contributed by atoms with Crippen molar-refractivity contribution in [2.24, 2.45) is 0 Å². The molecule has 5 rings (SSSR count). The summed E-state index contributed by atoms with van der Waals surface area (Å²) >= 11 is 1.40. The lowest BCUT2D eigenvalue weighted by Gasteiger charge is -2.16. The van der Waals surface area contributed by atoms with Crippen molar-refractivity contribution in [1.29, 1.82) is 0 Å². The van der Waals surface area contributed by atoms with Crippen molar-refractivity contribution in [3.05, 3.63) is 84.2 Å². The molecule has 41 heavy (non-hydrogen) atoms. The average Bonchev–Trinajstić information content (AvgIpc) is 3.21. The average molecular weight is 573 g/mol. The van der Waals surface area contributed by atoms with Crippen molar-refractivity contribution in [3.8, 4) is 28.7 Å². The van der Waals surface area contributed by atoms with E-state index in [1.54, 1.807) is 14.2 Å². The van der Waals surface area contributed by atoms with E-state index in [-0.39, 0.29) is 17.7 Å². The van der Waals surface area contributed by atoms with E-state index in [1.807, 2.05) is 77.4 Å². The normalized spacial score (nSPS) is 13.8. The quantitative estimate of drug-likeness (QED) is 0.160. The van der Waals surface area contributed by atoms with Gasteiger partial charge in [-0.15, -0.1) is 10.2 Å². The highest BCUT2D eigenvalue weighted by atomic mass is 32.2. The lowest BCUT2D eigenvalue weighted by Crippen LogP contribution is -2.35. The number of benzene rings is 3. The molecule has 1 aromatic heterocycles. The molecule has 214 valence electrons. The van der Waals surface area contributed by atoms with Crippen molar-refractivity contribution >= 4 is 17.7 Å². The molecule has 1 amide bonds. The Bertz CT molecular complexity index is 1420. The molecule has 1 aliphatic carbocycles. The molecule has 1 fully saturated rings. The first-order chi connectivity index (χ1) is 20.1. The smallest absolute Gasteiger partial charge is 0.230 e. The third kappa shape index (κ3) is 7.61. The minimum absolute atomic E-state index is 0.0319. The SMILES string of the molecule is COc1ccc(Cc2nnc(SCC(=O)NC3CCCCCC3)n2-c2ccc(Oc3ccccc3)cc2)cc1OC. The second kappa shape index (κ2) is 14.1. The molecule has 1 aliphatic rings. The van der Waals surface area contributed by atoms with Crippen LogP contribution in [0.1, 0.15) is 49.9 Å². The first kappa shape index (κ1) is 28.5. The number of thioether (sulfide) groups is 1. The van der Waals surface area contributed by atoms with Crippen LogP contribution in [-0.2, 0) is 11.2 Å². The summed E-state index contributed by atoms with van der Waals surface area (Å²) in [5.41, 5.74) is 1.89. The Kier molecular flexibility index (Phi) is 9.80. The second-order valence-electron chi connectivity index (χ2n) is 10.1. The molecule has 0 bridgehead atoms. The fraction of sp³-hybridized carbons (Fsp3) is 0.344. The van der Waals surface area contributed by atoms with Gasteiger partial charge in [-0.05, 0) is 66.9 Å². The summed E-state index contributed by atoms with van der Waals surface area (Å²) in [6, 6.07) is 23.6. The molecular formula is C32H36N4O4S. The van der Waals surface area contributed by atoms with Gasteiger partial charge >= 0.3 is 0 Å². The highest BCUT2D eigenvalue weighted by Gasteiger charge is 2.19. The predicted octanol–water partition coefficient (Wildman–Crippen LogP) is 6.60. The van der Waals surface area contributed by atoms with Gasteiger partial charge in [-0.1, -0.05) is 61.7 Å². The molecule has 0 atom stereocenters. The Morgan fingerprint density at radius 1 is 0.878 bits per heavy atom. The molecule has 0 unspecified atom stereocenters. The summed E-state index contributed by atoms with van der Waals surface area (Å²) in [5, 5.41) is 12.9. The summed E-state index contributed by atoms with van der Waals surface area (Å²) in [6.45, 7) is 0. The van der Waals surface area contributed by atoms with Crippen LogP contribution in [0.15, 0.2) is 78.0 Å². The minimum Gasteiger partial charge on any atom is -0.493 e. The van der Waals surface area contributed by atoms with E-state index in [1.165, 1.54) is 37.4 Å². The lowest BCUT2D eigenvalue weighted by atomic mass is 10.1. The zero-order valence-corrected chi connectivity index (χ0v) is 24.4. The monoisotopic (exact) mass is 572 g/mol. The summed E-state index contributed by atoms with van der Waals surface area (Å²) in [6.07, 6.45) is 7.49. The zero-order valence-electron chi connectivity index (χ0n) is 23.5. The van der Waals surface area contributed by atoms with Crippen LogP contribution in [-0.4, -0.2) is 46.7 Å². The Labute approximate surface area is 245 Å². The maximum Gasteiger partial charge on any atom is 0.230 e. The van der Waals surface area contributed by atoms with Crippen molar-refractivity contribution in [1.82, 2.24) is 20.1 Å². The lowest BCUT2D eigenvalue weighted by molar-refractivity contribution is -0.119. The van der Waals surface area contributed by atoms with Crippen molar-refractivity contribution in [3.63, 3.8) is 0 Å². The van der Waals surface area contributed by atoms with Crippen LogP contribution < -0.4 is 19.5 Å². The Morgan fingerprint density at radius 3 is 2.29 bits per heavy atom. The molecule has 0 spiro atoms. The first-order valence-corrected chi connectivity index (χ1v) is 15.0. The summed E-state index contributed by atoms with van der Waals surface area (Å²) in [4.78, 5) is 12.9. The van der Waals surface area contributed by atoms with Gasteiger partial charge in [0.2, 0.25) is 5.91 Å². The third-order valence-corrected chi connectivity index (χ3v) is 8.07. The molecule has 8 nitrogen and oxygen atoms in total. The maximum atomic E-state index is 12.9. The molecule has 3 aromatic carbocycles. The number of rotatable bonds is 11. The topological polar surface area (TPSA) is 87.5 Å². The summed E-state index contributed by atoms with van der Waals surface area (Å²) in [5.74, 6) is 3.89. The first-order valence-electron chi connectivity index (χ1n) is 14.0. The number of carbonyl (C=O) groups is 1. The highest BCUT2D eigenvalue weighted by Crippen LogP contribution is 2.30. The number of hydrogen-bond acceptors (Lipinski definition) is 7. The van der Waals surface area contributed by atoms with E-state index in [9.17, 15) is 4.79 Å². The van der Waals surface area contributed by atoms with E-state index in [4.69, 9.17) is 14.2 Å².